The molecule has 1 heterocycles. The van der Waals surface area contributed by atoms with Gasteiger partial charge in [0, 0.05) is 30.4 Å². The fourth-order valence-electron chi connectivity index (χ4n) is 2.79. The highest BCUT2D eigenvalue weighted by molar-refractivity contribution is 5.95. The molecule has 0 bridgehead atoms. The summed E-state index contributed by atoms with van der Waals surface area (Å²) in [6, 6.07) is 8.43. The van der Waals surface area contributed by atoms with Gasteiger partial charge in [0.15, 0.2) is 5.78 Å². The average molecular weight is 260 g/mol. The van der Waals surface area contributed by atoms with Gasteiger partial charge in [-0.2, -0.15) is 0 Å². The van der Waals surface area contributed by atoms with Gasteiger partial charge in [-0.1, -0.05) is 26.0 Å². The minimum Gasteiger partial charge on any atom is -0.370 e. The van der Waals surface area contributed by atoms with Crippen molar-refractivity contribution in [2.24, 2.45) is 5.41 Å². The van der Waals surface area contributed by atoms with Gasteiger partial charge in [-0.05, 0) is 37.9 Å². The number of rotatable bonds is 3. The van der Waals surface area contributed by atoms with Crippen LogP contribution in [0, 0.1) is 5.41 Å². The molecule has 1 atom stereocenters. The second kappa shape index (κ2) is 5.33. The Balaban J connectivity index is 2.19. The molecule has 0 spiro atoms. The van der Waals surface area contributed by atoms with Crippen molar-refractivity contribution in [2.75, 3.05) is 25.0 Å². The summed E-state index contributed by atoms with van der Waals surface area (Å²) >= 11 is 0. The van der Waals surface area contributed by atoms with Crippen LogP contribution in [0.2, 0.25) is 0 Å². The first-order chi connectivity index (χ1) is 8.94. The molecule has 1 N–H and O–H groups in total. The number of ketones is 1. The monoisotopic (exact) mass is 260 g/mol. The van der Waals surface area contributed by atoms with Crippen molar-refractivity contribution in [3.63, 3.8) is 0 Å². The number of piperidine rings is 1. The molecule has 1 fully saturated rings. The van der Waals surface area contributed by atoms with Crippen LogP contribution < -0.4 is 10.2 Å². The maximum Gasteiger partial charge on any atom is 0.159 e. The number of carbonyl (C=O) groups excluding carboxylic acids is 1. The maximum absolute atomic E-state index is 11.5. The van der Waals surface area contributed by atoms with Crippen LogP contribution in [0.5, 0.6) is 0 Å². The van der Waals surface area contributed by atoms with Crippen molar-refractivity contribution in [3.8, 4) is 0 Å². The van der Waals surface area contributed by atoms with E-state index in [0.29, 0.717) is 11.5 Å². The third-order valence-electron chi connectivity index (χ3n) is 4.34. The fraction of sp³-hybridized carbons (Fsp3) is 0.562. The van der Waals surface area contributed by atoms with Crippen LogP contribution in [0.3, 0.4) is 0 Å². The highest BCUT2D eigenvalue weighted by Crippen LogP contribution is 2.32. The summed E-state index contributed by atoms with van der Waals surface area (Å²) in [7, 11) is 2.03. The van der Waals surface area contributed by atoms with E-state index in [4.69, 9.17) is 0 Å². The van der Waals surface area contributed by atoms with E-state index in [9.17, 15) is 4.79 Å². The van der Waals surface area contributed by atoms with Crippen LogP contribution in [-0.2, 0) is 0 Å². The molecule has 0 aliphatic carbocycles. The number of carbonyl (C=O) groups is 1. The van der Waals surface area contributed by atoms with Crippen molar-refractivity contribution in [2.45, 2.75) is 33.2 Å². The van der Waals surface area contributed by atoms with Crippen LogP contribution in [0.4, 0.5) is 5.69 Å². The Morgan fingerprint density at radius 3 is 2.79 bits per heavy atom. The molecule has 1 aliphatic heterocycles. The summed E-state index contributed by atoms with van der Waals surface area (Å²) < 4.78 is 0. The van der Waals surface area contributed by atoms with E-state index < -0.39 is 0 Å². The molecule has 1 unspecified atom stereocenters. The topological polar surface area (TPSA) is 32.3 Å². The van der Waals surface area contributed by atoms with Gasteiger partial charge < -0.3 is 10.2 Å². The van der Waals surface area contributed by atoms with E-state index in [1.54, 1.807) is 6.92 Å². The second-order valence-corrected chi connectivity index (χ2v) is 6.13. The largest absolute Gasteiger partial charge is 0.370 e. The van der Waals surface area contributed by atoms with E-state index in [1.165, 1.54) is 0 Å². The predicted molar refractivity (Wildman–Crippen MR) is 79.9 cm³/mol. The van der Waals surface area contributed by atoms with Crippen molar-refractivity contribution < 1.29 is 4.79 Å². The number of nitrogens with one attached hydrogen (secondary N) is 1. The fourth-order valence-corrected chi connectivity index (χ4v) is 2.79. The number of nitrogens with zero attached hydrogens (tertiary/aromatic N) is 1. The third kappa shape index (κ3) is 2.98. The molecule has 1 aromatic carbocycles. The van der Waals surface area contributed by atoms with Gasteiger partial charge in [0.25, 0.3) is 0 Å². The molecule has 2 rings (SSSR count). The molecule has 19 heavy (non-hydrogen) atoms. The van der Waals surface area contributed by atoms with Gasteiger partial charge in [0.05, 0.1) is 0 Å². The molecule has 0 amide bonds. The Morgan fingerprint density at radius 1 is 1.42 bits per heavy atom. The zero-order chi connectivity index (χ0) is 14.0. The number of benzene rings is 1. The predicted octanol–water partition coefficient (Wildman–Crippen LogP) is 2.71. The van der Waals surface area contributed by atoms with Gasteiger partial charge in [-0.3, -0.25) is 4.79 Å². The lowest BCUT2D eigenvalue weighted by molar-refractivity contribution is 0.101. The maximum atomic E-state index is 11.5. The standard InChI is InChI=1S/C16H24N2O/c1-12(19)13-6-5-7-14(10-13)18-9-8-16(2,3)15(11-18)17-4/h5-7,10,15,17H,8-9,11H2,1-4H3. The average Bonchev–Trinajstić information content (AvgIpc) is 2.38. The van der Waals surface area contributed by atoms with E-state index in [0.717, 1.165) is 30.8 Å². The Kier molecular flexibility index (Phi) is 3.95. The minimum atomic E-state index is 0.129. The Hall–Kier alpha value is -1.35. The molecule has 0 saturated carbocycles. The molecule has 104 valence electrons. The molecular formula is C16H24N2O. The molecule has 0 aromatic heterocycles. The molecule has 1 aromatic rings. The van der Waals surface area contributed by atoms with Crippen molar-refractivity contribution in [3.05, 3.63) is 29.8 Å². The molecule has 1 saturated heterocycles. The van der Waals surface area contributed by atoms with Crippen molar-refractivity contribution in [1.82, 2.24) is 5.32 Å². The van der Waals surface area contributed by atoms with Gasteiger partial charge >= 0.3 is 0 Å². The van der Waals surface area contributed by atoms with Crippen LogP contribution >= 0.6 is 0 Å². The molecule has 1 aliphatic rings. The normalized spacial score (nSPS) is 22.3. The highest BCUT2D eigenvalue weighted by atomic mass is 16.1. The Morgan fingerprint density at radius 2 is 2.16 bits per heavy atom. The molecule has 0 radical (unpaired) electrons. The minimum absolute atomic E-state index is 0.129. The number of Topliss-reactive ketones (excluding diaryl/α,β-unsaturated/α-hetero) is 1. The summed E-state index contributed by atoms with van der Waals surface area (Å²) in [5.41, 5.74) is 2.27. The first-order valence-corrected chi connectivity index (χ1v) is 6.97. The first-order valence-electron chi connectivity index (χ1n) is 6.97. The smallest absolute Gasteiger partial charge is 0.159 e. The molecule has 3 heteroatoms. The quantitative estimate of drug-likeness (QED) is 0.848. The molecular weight excluding hydrogens is 236 g/mol. The van der Waals surface area contributed by atoms with Crippen molar-refractivity contribution >= 4 is 11.5 Å². The molecule has 3 nitrogen and oxygen atoms in total. The van der Waals surface area contributed by atoms with Crippen LogP contribution in [-0.4, -0.2) is 32.0 Å². The Bertz CT molecular complexity index is 468. The number of anilines is 1. The van der Waals surface area contributed by atoms with Crippen LogP contribution in [0.15, 0.2) is 24.3 Å². The van der Waals surface area contributed by atoms with E-state index in [-0.39, 0.29) is 5.78 Å². The van der Waals surface area contributed by atoms with Crippen LogP contribution in [0.1, 0.15) is 37.6 Å². The SMILES string of the molecule is CNC1CN(c2cccc(C(C)=O)c2)CCC1(C)C. The number of likely N-dealkylation sites (N-methyl/N-ethyl adjacent to an activating group) is 1. The lowest BCUT2D eigenvalue weighted by atomic mass is 9.78. The summed E-state index contributed by atoms with van der Waals surface area (Å²) in [4.78, 5) is 13.8. The second-order valence-electron chi connectivity index (χ2n) is 6.13. The van der Waals surface area contributed by atoms with Crippen molar-refractivity contribution in [1.29, 1.82) is 0 Å². The number of hydrogen-bond acceptors (Lipinski definition) is 3. The summed E-state index contributed by atoms with van der Waals surface area (Å²) in [6.07, 6.45) is 1.16. The summed E-state index contributed by atoms with van der Waals surface area (Å²) in [6.45, 7) is 8.29. The highest BCUT2D eigenvalue weighted by Gasteiger charge is 2.34. The zero-order valence-electron chi connectivity index (χ0n) is 12.4. The van der Waals surface area contributed by atoms with Crippen LogP contribution in [0.25, 0.3) is 0 Å². The lowest BCUT2D eigenvalue weighted by Crippen LogP contribution is -2.54. The van der Waals surface area contributed by atoms with Gasteiger partial charge in [0.1, 0.15) is 0 Å². The van der Waals surface area contributed by atoms with E-state index >= 15 is 0 Å². The summed E-state index contributed by atoms with van der Waals surface area (Å²) in [5.74, 6) is 0.129. The third-order valence-corrected chi connectivity index (χ3v) is 4.34. The zero-order valence-corrected chi connectivity index (χ0v) is 12.4. The Labute approximate surface area is 116 Å². The van der Waals surface area contributed by atoms with E-state index in [2.05, 4.69) is 30.1 Å². The van der Waals surface area contributed by atoms with Gasteiger partial charge in [-0.15, -0.1) is 0 Å². The lowest BCUT2D eigenvalue weighted by Gasteiger charge is -2.44. The number of hydrogen-bond donors (Lipinski definition) is 1. The van der Waals surface area contributed by atoms with Gasteiger partial charge in [0.2, 0.25) is 0 Å². The van der Waals surface area contributed by atoms with E-state index in [1.807, 2.05) is 25.2 Å². The summed E-state index contributed by atoms with van der Waals surface area (Å²) in [5, 5.41) is 3.42. The first kappa shape index (κ1) is 14.1. The van der Waals surface area contributed by atoms with Gasteiger partial charge in [-0.25, -0.2) is 0 Å².